The van der Waals surface area contributed by atoms with E-state index in [9.17, 15) is 4.79 Å². The van der Waals surface area contributed by atoms with E-state index in [1.54, 1.807) is 14.2 Å². The predicted octanol–water partition coefficient (Wildman–Crippen LogP) is 3.84. The average molecular weight is 371 g/mol. The zero-order chi connectivity index (χ0) is 19.8. The number of carbonyl (C=O) groups is 1. The van der Waals surface area contributed by atoms with Crippen LogP contribution in [0.4, 0.5) is 0 Å². The van der Waals surface area contributed by atoms with E-state index in [-0.39, 0.29) is 5.91 Å². The first kappa shape index (κ1) is 20.6. The number of ether oxygens (including phenoxy) is 3. The molecule has 27 heavy (non-hydrogen) atoms. The van der Waals surface area contributed by atoms with Gasteiger partial charge in [0.15, 0.2) is 17.6 Å². The first-order valence-electron chi connectivity index (χ1n) is 9.21. The van der Waals surface area contributed by atoms with Gasteiger partial charge in [0.25, 0.3) is 5.91 Å². The summed E-state index contributed by atoms with van der Waals surface area (Å²) in [7, 11) is 3.22. The molecule has 0 aromatic heterocycles. The Labute approximate surface area is 161 Å². The maximum atomic E-state index is 12.5. The van der Waals surface area contributed by atoms with Crippen LogP contribution < -0.4 is 19.5 Å². The van der Waals surface area contributed by atoms with E-state index in [2.05, 4.69) is 11.4 Å². The number of amides is 1. The molecule has 0 aliphatic carbocycles. The van der Waals surface area contributed by atoms with Crippen molar-refractivity contribution in [1.82, 2.24) is 5.32 Å². The van der Waals surface area contributed by atoms with Crippen molar-refractivity contribution >= 4 is 5.91 Å². The van der Waals surface area contributed by atoms with Gasteiger partial charge in [0.1, 0.15) is 5.75 Å². The van der Waals surface area contributed by atoms with Crippen LogP contribution in [0.3, 0.4) is 0 Å². The molecular formula is C22H29NO4. The Bertz CT molecular complexity index is 773. The fraction of sp³-hybridized carbons (Fsp3) is 0.409. The number of benzene rings is 2. The average Bonchev–Trinajstić information content (AvgIpc) is 2.67. The molecule has 0 aliphatic heterocycles. The Kier molecular flexibility index (Phi) is 7.53. The quantitative estimate of drug-likeness (QED) is 0.728. The van der Waals surface area contributed by atoms with Crippen molar-refractivity contribution in [1.29, 1.82) is 0 Å². The van der Waals surface area contributed by atoms with Crippen LogP contribution in [0.2, 0.25) is 0 Å². The first-order chi connectivity index (χ1) is 13.0. The van der Waals surface area contributed by atoms with E-state index >= 15 is 0 Å². The van der Waals surface area contributed by atoms with Gasteiger partial charge in [-0.1, -0.05) is 30.7 Å². The minimum atomic E-state index is -0.503. The predicted molar refractivity (Wildman–Crippen MR) is 107 cm³/mol. The Balaban J connectivity index is 1.91. The molecule has 0 aliphatic rings. The highest BCUT2D eigenvalue weighted by atomic mass is 16.5. The summed E-state index contributed by atoms with van der Waals surface area (Å²) in [5, 5.41) is 2.96. The van der Waals surface area contributed by atoms with Crippen LogP contribution in [0.15, 0.2) is 36.4 Å². The van der Waals surface area contributed by atoms with Gasteiger partial charge < -0.3 is 19.5 Å². The van der Waals surface area contributed by atoms with Crippen molar-refractivity contribution in [3.63, 3.8) is 0 Å². The second-order valence-electron chi connectivity index (χ2n) is 6.51. The lowest BCUT2D eigenvalue weighted by Crippen LogP contribution is -2.39. The smallest absolute Gasteiger partial charge is 0.261 e. The molecule has 1 N–H and O–H groups in total. The second kappa shape index (κ2) is 9.86. The molecule has 1 unspecified atom stereocenters. The highest BCUT2D eigenvalue weighted by Crippen LogP contribution is 2.27. The van der Waals surface area contributed by atoms with E-state index in [0.29, 0.717) is 30.9 Å². The third-order valence-electron chi connectivity index (χ3n) is 4.42. The molecule has 5 nitrogen and oxygen atoms in total. The van der Waals surface area contributed by atoms with Crippen molar-refractivity contribution in [3.8, 4) is 17.2 Å². The van der Waals surface area contributed by atoms with Crippen molar-refractivity contribution in [2.75, 3.05) is 20.8 Å². The lowest BCUT2D eigenvalue weighted by molar-refractivity contribution is -0.128. The number of rotatable bonds is 9. The van der Waals surface area contributed by atoms with Crippen LogP contribution in [0.25, 0.3) is 0 Å². The van der Waals surface area contributed by atoms with Gasteiger partial charge in [0.05, 0.1) is 14.2 Å². The number of aryl methyl sites for hydroxylation is 2. The Hall–Kier alpha value is -2.69. The normalized spacial score (nSPS) is 11.6. The third kappa shape index (κ3) is 5.64. The van der Waals surface area contributed by atoms with E-state index in [1.165, 1.54) is 5.56 Å². The molecule has 0 bridgehead atoms. The number of nitrogens with one attached hydrogen (secondary N) is 1. The summed E-state index contributed by atoms with van der Waals surface area (Å²) in [6, 6.07) is 11.7. The molecule has 2 rings (SSSR count). The fourth-order valence-electron chi connectivity index (χ4n) is 2.89. The van der Waals surface area contributed by atoms with Crippen LogP contribution in [0, 0.1) is 13.8 Å². The molecule has 1 atom stereocenters. The second-order valence-corrected chi connectivity index (χ2v) is 6.51. The summed E-state index contributed by atoms with van der Waals surface area (Å²) < 4.78 is 16.5. The third-order valence-corrected chi connectivity index (χ3v) is 4.42. The minimum absolute atomic E-state index is 0.0991. The monoisotopic (exact) mass is 371 g/mol. The van der Waals surface area contributed by atoms with Gasteiger partial charge in [-0.2, -0.15) is 0 Å². The highest BCUT2D eigenvalue weighted by Gasteiger charge is 2.18. The standard InChI is InChI=1S/C22H29NO4/c1-6-18(27-19-9-7-15(2)13-16(19)3)22(24)23-12-11-17-8-10-20(25-4)21(14-17)26-5/h7-10,13-14,18H,6,11-12H2,1-5H3,(H,23,24). The molecule has 2 aromatic rings. The van der Waals surface area contributed by atoms with E-state index < -0.39 is 6.10 Å². The molecule has 0 saturated heterocycles. The first-order valence-corrected chi connectivity index (χ1v) is 9.21. The Morgan fingerprint density at radius 3 is 2.33 bits per heavy atom. The number of hydrogen-bond donors (Lipinski definition) is 1. The highest BCUT2D eigenvalue weighted by molar-refractivity contribution is 5.81. The van der Waals surface area contributed by atoms with Gasteiger partial charge in [0, 0.05) is 6.54 Å². The van der Waals surface area contributed by atoms with E-state index in [4.69, 9.17) is 14.2 Å². The lowest BCUT2D eigenvalue weighted by Gasteiger charge is -2.19. The molecule has 0 saturated carbocycles. The number of methoxy groups -OCH3 is 2. The van der Waals surface area contributed by atoms with Crippen molar-refractivity contribution in [3.05, 3.63) is 53.1 Å². The lowest BCUT2D eigenvalue weighted by atomic mass is 10.1. The van der Waals surface area contributed by atoms with Gasteiger partial charge in [-0.05, 0) is 56.0 Å². The van der Waals surface area contributed by atoms with Crippen LogP contribution in [-0.4, -0.2) is 32.8 Å². The number of carbonyl (C=O) groups excluding carboxylic acids is 1. The fourth-order valence-corrected chi connectivity index (χ4v) is 2.89. The van der Waals surface area contributed by atoms with Gasteiger partial charge in [-0.3, -0.25) is 4.79 Å². The molecule has 0 heterocycles. The maximum absolute atomic E-state index is 12.5. The molecular weight excluding hydrogens is 342 g/mol. The largest absolute Gasteiger partial charge is 0.493 e. The summed E-state index contributed by atoms with van der Waals surface area (Å²) in [4.78, 5) is 12.5. The van der Waals surface area contributed by atoms with Crippen molar-refractivity contribution < 1.29 is 19.0 Å². The van der Waals surface area contributed by atoms with Gasteiger partial charge in [-0.15, -0.1) is 0 Å². The van der Waals surface area contributed by atoms with Crippen LogP contribution >= 0.6 is 0 Å². The molecule has 0 fully saturated rings. The number of hydrogen-bond acceptors (Lipinski definition) is 4. The Morgan fingerprint density at radius 2 is 1.70 bits per heavy atom. The van der Waals surface area contributed by atoms with Crippen LogP contribution in [0.1, 0.15) is 30.0 Å². The molecule has 146 valence electrons. The van der Waals surface area contributed by atoms with Crippen molar-refractivity contribution in [2.45, 2.75) is 39.7 Å². The summed E-state index contributed by atoms with van der Waals surface area (Å²) >= 11 is 0. The topological polar surface area (TPSA) is 56.8 Å². The summed E-state index contributed by atoms with van der Waals surface area (Å²) in [6.45, 7) is 6.50. The molecule has 1 amide bonds. The zero-order valence-electron chi connectivity index (χ0n) is 16.8. The van der Waals surface area contributed by atoms with Gasteiger partial charge in [-0.25, -0.2) is 0 Å². The van der Waals surface area contributed by atoms with Crippen LogP contribution in [-0.2, 0) is 11.2 Å². The zero-order valence-corrected chi connectivity index (χ0v) is 16.8. The van der Waals surface area contributed by atoms with E-state index in [0.717, 1.165) is 16.9 Å². The minimum Gasteiger partial charge on any atom is -0.493 e. The molecule has 0 spiro atoms. The summed E-state index contributed by atoms with van der Waals surface area (Å²) in [5.41, 5.74) is 3.27. The SMILES string of the molecule is CCC(Oc1ccc(C)cc1C)C(=O)NCCc1ccc(OC)c(OC)c1. The summed E-state index contributed by atoms with van der Waals surface area (Å²) in [5.74, 6) is 2.03. The molecule has 5 heteroatoms. The van der Waals surface area contributed by atoms with Crippen LogP contribution in [0.5, 0.6) is 17.2 Å². The Morgan fingerprint density at radius 1 is 1.00 bits per heavy atom. The molecule has 0 radical (unpaired) electrons. The summed E-state index contributed by atoms with van der Waals surface area (Å²) in [6.07, 6.45) is 0.804. The van der Waals surface area contributed by atoms with E-state index in [1.807, 2.05) is 51.1 Å². The van der Waals surface area contributed by atoms with Gasteiger partial charge in [0.2, 0.25) is 0 Å². The van der Waals surface area contributed by atoms with Crippen molar-refractivity contribution in [2.24, 2.45) is 0 Å². The molecule has 2 aromatic carbocycles. The maximum Gasteiger partial charge on any atom is 0.261 e. The van der Waals surface area contributed by atoms with Gasteiger partial charge >= 0.3 is 0 Å².